The van der Waals surface area contributed by atoms with Crippen molar-refractivity contribution in [1.29, 1.82) is 0 Å². The second-order valence-corrected chi connectivity index (χ2v) is 6.01. The molecule has 1 atom stereocenters. The first-order chi connectivity index (χ1) is 8.34. The van der Waals surface area contributed by atoms with Crippen LogP contribution in [0.2, 0.25) is 0 Å². The maximum atomic E-state index is 5.52. The van der Waals surface area contributed by atoms with Crippen molar-refractivity contribution in [2.24, 2.45) is 0 Å². The van der Waals surface area contributed by atoms with E-state index in [-0.39, 0.29) is 0 Å². The molecule has 5 heteroatoms. The van der Waals surface area contributed by atoms with Crippen molar-refractivity contribution < 1.29 is 4.74 Å². The number of fused-ring (bicyclic) bond motifs is 1. The molecule has 1 fully saturated rings. The minimum absolute atomic E-state index is 0.719. The molecule has 0 spiro atoms. The number of rotatable bonds is 3. The van der Waals surface area contributed by atoms with Crippen LogP contribution in [0.4, 0.5) is 0 Å². The van der Waals surface area contributed by atoms with E-state index in [1.807, 2.05) is 0 Å². The van der Waals surface area contributed by atoms with Crippen molar-refractivity contribution in [3.05, 3.63) is 17.0 Å². The number of nitrogens with one attached hydrogen (secondary N) is 1. The van der Waals surface area contributed by atoms with Crippen LogP contribution in [0.5, 0.6) is 0 Å². The molecule has 94 valence electrons. The van der Waals surface area contributed by atoms with Crippen LogP contribution < -0.4 is 0 Å². The third-order valence-electron chi connectivity index (χ3n) is 3.71. The van der Waals surface area contributed by atoms with Crippen LogP contribution in [0.15, 0.2) is 0 Å². The number of nitrogens with zero attached hydrogens (tertiary/aromatic N) is 2. The summed E-state index contributed by atoms with van der Waals surface area (Å²) in [6.45, 7) is 2.50. The van der Waals surface area contributed by atoms with Gasteiger partial charge >= 0.3 is 0 Å². The molecular formula is C12H19N3OS. The highest BCUT2D eigenvalue weighted by atomic mass is 32.2. The van der Waals surface area contributed by atoms with Crippen molar-refractivity contribution in [1.82, 2.24) is 15.1 Å². The highest BCUT2D eigenvalue weighted by Gasteiger charge is 2.23. The van der Waals surface area contributed by atoms with E-state index in [0.717, 1.165) is 32.2 Å². The van der Waals surface area contributed by atoms with E-state index in [1.165, 1.54) is 34.9 Å². The molecule has 4 nitrogen and oxygen atoms in total. The molecule has 0 aromatic carbocycles. The third kappa shape index (κ3) is 2.37. The zero-order chi connectivity index (χ0) is 11.7. The number of ether oxygens (including phenoxy) is 1. The maximum absolute atomic E-state index is 5.52. The van der Waals surface area contributed by atoms with Gasteiger partial charge in [-0.1, -0.05) is 0 Å². The molecule has 2 aliphatic rings. The van der Waals surface area contributed by atoms with Crippen molar-refractivity contribution >= 4 is 11.8 Å². The van der Waals surface area contributed by atoms with Crippen molar-refractivity contribution in [3.8, 4) is 0 Å². The fraction of sp³-hybridized carbons (Fsp3) is 0.750. The van der Waals surface area contributed by atoms with E-state index in [1.54, 1.807) is 0 Å². The maximum Gasteiger partial charge on any atom is 0.0820 e. The van der Waals surface area contributed by atoms with Crippen LogP contribution in [0.25, 0.3) is 0 Å². The Labute approximate surface area is 106 Å². The van der Waals surface area contributed by atoms with E-state index in [0.29, 0.717) is 0 Å². The van der Waals surface area contributed by atoms with Crippen molar-refractivity contribution in [2.75, 3.05) is 25.2 Å². The van der Waals surface area contributed by atoms with Gasteiger partial charge in [0.05, 0.1) is 18.9 Å². The lowest BCUT2D eigenvalue weighted by Crippen LogP contribution is -2.31. The summed E-state index contributed by atoms with van der Waals surface area (Å²) in [6.07, 6.45) is 2.29. The summed E-state index contributed by atoms with van der Waals surface area (Å²) in [5.74, 6) is 2.57. The van der Waals surface area contributed by atoms with Crippen LogP contribution in [-0.4, -0.2) is 46.3 Å². The summed E-state index contributed by atoms with van der Waals surface area (Å²) in [4.78, 5) is 2.44. The average Bonchev–Trinajstić information content (AvgIpc) is 2.98. The molecule has 3 rings (SSSR count). The fourth-order valence-electron chi connectivity index (χ4n) is 2.54. The molecule has 1 unspecified atom stereocenters. The smallest absolute Gasteiger partial charge is 0.0820 e. The van der Waals surface area contributed by atoms with Gasteiger partial charge in [-0.15, -0.1) is 0 Å². The van der Waals surface area contributed by atoms with Gasteiger partial charge in [0.2, 0.25) is 0 Å². The van der Waals surface area contributed by atoms with Gasteiger partial charge in [-0.25, -0.2) is 0 Å². The minimum Gasteiger partial charge on any atom is -0.376 e. The molecule has 3 heterocycles. The van der Waals surface area contributed by atoms with Crippen LogP contribution in [0.3, 0.4) is 0 Å². The molecule has 0 bridgehead atoms. The Balaban J connectivity index is 1.69. The standard InChI is InChI=1S/C12H19N3OS/c1-15(9-3-5-17-8-9)6-12-10-7-16-4-2-11(10)13-14-12/h9H,2-8H2,1H3,(H,13,14). The average molecular weight is 253 g/mol. The summed E-state index contributed by atoms with van der Waals surface area (Å²) < 4.78 is 5.52. The van der Waals surface area contributed by atoms with Crippen molar-refractivity contribution in [2.45, 2.75) is 32.0 Å². The Morgan fingerprint density at radius 3 is 3.35 bits per heavy atom. The Kier molecular flexibility index (Phi) is 3.40. The van der Waals surface area contributed by atoms with Gasteiger partial charge in [0.25, 0.3) is 0 Å². The normalized spacial score (nSPS) is 24.2. The highest BCUT2D eigenvalue weighted by molar-refractivity contribution is 7.99. The van der Waals surface area contributed by atoms with E-state index in [2.05, 4.69) is 33.9 Å². The van der Waals surface area contributed by atoms with Gasteiger partial charge in [0.15, 0.2) is 0 Å². The van der Waals surface area contributed by atoms with E-state index >= 15 is 0 Å². The molecule has 1 aromatic heterocycles. The molecule has 0 aliphatic carbocycles. The number of aromatic nitrogens is 2. The molecule has 1 saturated heterocycles. The molecule has 2 aliphatic heterocycles. The summed E-state index contributed by atoms with van der Waals surface area (Å²) in [6, 6.07) is 0.719. The Hall–Kier alpha value is -0.520. The zero-order valence-electron chi connectivity index (χ0n) is 10.2. The summed E-state index contributed by atoms with van der Waals surface area (Å²) >= 11 is 2.06. The van der Waals surface area contributed by atoms with Crippen LogP contribution >= 0.6 is 11.8 Å². The summed E-state index contributed by atoms with van der Waals surface area (Å²) in [5.41, 5.74) is 3.76. The van der Waals surface area contributed by atoms with E-state index < -0.39 is 0 Å². The van der Waals surface area contributed by atoms with E-state index in [9.17, 15) is 0 Å². The van der Waals surface area contributed by atoms with Crippen LogP contribution in [0, 0.1) is 0 Å². The van der Waals surface area contributed by atoms with Gasteiger partial charge in [0.1, 0.15) is 0 Å². The van der Waals surface area contributed by atoms with Gasteiger partial charge < -0.3 is 4.74 Å². The molecule has 0 amide bonds. The molecule has 1 aromatic rings. The molecular weight excluding hydrogens is 234 g/mol. The zero-order valence-corrected chi connectivity index (χ0v) is 11.1. The number of H-pyrrole nitrogens is 1. The van der Waals surface area contributed by atoms with Crippen LogP contribution in [-0.2, 0) is 24.3 Å². The van der Waals surface area contributed by atoms with Crippen molar-refractivity contribution in [3.63, 3.8) is 0 Å². The number of thioether (sulfide) groups is 1. The lowest BCUT2D eigenvalue weighted by molar-refractivity contribution is 0.108. The predicted octanol–water partition coefficient (Wildman–Crippen LogP) is 1.42. The molecule has 1 N–H and O–H groups in total. The van der Waals surface area contributed by atoms with Gasteiger partial charge in [-0.2, -0.15) is 16.9 Å². The number of hydrogen-bond acceptors (Lipinski definition) is 4. The Morgan fingerprint density at radius 1 is 1.59 bits per heavy atom. The number of aromatic amines is 1. The predicted molar refractivity (Wildman–Crippen MR) is 69.1 cm³/mol. The van der Waals surface area contributed by atoms with Crippen LogP contribution in [0.1, 0.15) is 23.4 Å². The topological polar surface area (TPSA) is 41.2 Å². The number of hydrogen-bond donors (Lipinski definition) is 1. The third-order valence-corrected chi connectivity index (χ3v) is 4.85. The summed E-state index contributed by atoms with van der Waals surface area (Å²) in [5, 5.41) is 7.62. The molecule has 0 saturated carbocycles. The highest BCUT2D eigenvalue weighted by Crippen LogP contribution is 2.24. The first-order valence-corrected chi connectivity index (χ1v) is 7.41. The second-order valence-electron chi connectivity index (χ2n) is 4.86. The lowest BCUT2D eigenvalue weighted by Gasteiger charge is -2.23. The first kappa shape index (κ1) is 11.6. The minimum atomic E-state index is 0.719. The lowest BCUT2D eigenvalue weighted by atomic mass is 10.1. The Bertz CT molecular complexity index is 387. The molecule has 17 heavy (non-hydrogen) atoms. The first-order valence-electron chi connectivity index (χ1n) is 6.25. The quantitative estimate of drug-likeness (QED) is 0.884. The molecule has 0 radical (unpaired) electrons. The van der Waals surface area contributed by atoms with E-state index in [4.69, 9.17) is 4.74 Å². The fourth-order valence-corrected chi connectivity index (χ4v) is 3.83. The largest absolute Gasteiger partial charge is 0.376 e. The SMILES string of the molecule is CN(Cc1n[nH]c2c1COCC2)C1CCSC1. The Morgan fingerprint density at radius 2 is 2.53 bits per heavy atom. The summed E-state index contributed by atoms with van der Waals surface area (Å²) in [7, 11) is 2.21. The van der Waals surface area contributed by atoms with Gasteiger partial charge in [-0.3, -0.25) is 10.00 Å². The van der Waals surface area contributed by atoms with Gasteiger partial charge in [-0.05, 0) is 19.2 Å². The monoisotopic (exact) mass is 253 g/mol. The second kappa shape index (κ2) is 5.00. The van der Waals surface area contributed by atoms with Gasteiger partial charge in [0, 0.05) is 36.0 Å².